The van der Waals surface area contributed by atoms with Crippen LogP contribution < -0.4 is 0 Å². The molecule has 0 spiro atoms. The van der Waals surface area contributed by atoms with Crippen LogP contribution in [0.3, 0.4) is 0 Å². The van der Waals surface area contributed by atoms with Gasteiger partial charge in [-0.2, -0.15) is 0 Å². The Hall–Kier alpha value is -2.49. The van der Waals surface area contributed by atoms with Gasteiger partial charge in [0.25, 0.3) is 0 Å². The number of aliphatic hydroxyl groups excluding tert-OH is 1. The number of hydrogen-bond donors (Lipinski definition) is 1. The second-order valence-electron chi connectivity index (χ2n) is 7.25. The minimum atomic E-state index is -0.925. The van der Waals surface area contributed by atoms with Crippen LogP contribution in [0.25, 0.3) is 16.7 Å². The average Bonchev–Trinajstić information content (AvgIpc) is 2.64. The van der Waals surface area contributed by atoms with Crippen molar-refractivity contribution in [1.82, 2.24) is 0 Å². The lowest BCUT2D eigenvalue weighted by molar-refractivity contribution is -0.117. The van der Waals surface area contributed by atoms with Gasteiger partial charge in [0.15, 0.2) is 17.4 Å². The highest BCUT2D eigenvalue weighted by atomic mass is 19.2. The fraction of sp³-hybridized carbons (Fsp3) is 0.348. The third kappa shape index (κ3) is 4.44. The lowest BCUT2D eigenvalue weighted by Crippen LogP contribution is -2.16. The number of benzene rings is 2. The zero-order chi connectivity index (χ0) is 20.3. The van der Waals surface area contributed by atoms with Crippen LogP contribution in [-0.4, -0.2) is 10.9 Å². The van der Waals surface area contributed by atoms with Gasteiger partial charge >= 0.3 is 0 Å². The monoisotopic (exact) mass is 372 g/mol. The van der Waals surface area contributed by atoms with Crippen LogP contribution in [0.15, 0.2) is 42.2 Å². The Morgan fingerprint density at radius 3 is 2.15 bits per heavy atom. The smallest absolute Gasteiger partial charge is 0.169 e. The first-order valence-corrected chi connectivity index (χ1v) is 9.21. The van der Waals surface area contributed by atoms with Crippen molar-refractivity contribution in [2.75, 3.05) is 0 Å². The molecule has 4 heteroatoms. The van der Waals surface area contributed by atoms with E-state index in [0.29, 0.717) is 28.7 Å². The van der Waals surface area contributed by atoms with Gasteiger partial charge in [-0.3, -0.25) is 4.79 Å². The topological polar surface area (TPSA) is 37.3 Å². The van der Waals surface area contributed by atoms with Gasteiger partial charge in [0, 0.05) is 11.8 Å². The normalized spacial score (nSPS) is 13.5. The molecule has 0 aliphatic heterocycles. The molecule has 0 aromatic heterocycles. The summed E-state index contributed by atoms with van der Waals surface area (Å²) in [5, 5.41) is 10.7. The van der Waals surface area contributed by atoms with Crippen LogP contribution >= 0.6 is 0 Å². The van der Waals surface area contributed by atoms with Crippen LogP contribution in [0, 0.1) is 30.4 Å². The first kappa shape index (κ1) is 20.8. The van der Waals surface area contributed by atoms with E-state index in [1.807, 2.05) is 40.7 Å². The molecule has 1 atom stereocenters. The third-order valence-corrected chi connectivity index (χ3v) is 4.87. The molecular weight excluding hydrogens is 346 g/mol. The fourth-order valence-electron chi connectivity index (χ4n) is 2.86. The molecule has 0 heterocycles. The third-order valence-electron chi connectivity index (χ3n) is 4.87. The molecule has 2 rings (SSSR count). The van der Waals surface area contributed by atoms with Gasteiger partial charge in [-0.25, -0.2) is 8.78 Å². The highest BCUT2D eigenvalue weighted by Crippen LogP contribution is 2.32. The molecule has 0 bridgehead atoms. The van der Waals surface area contributed by atoms with Crippen molar-refractivity contribution >= 4 is 11.4 Å². The van der Waals surface area contributed by atoms with Crippen LogP contribution in [-0.2, 0) is 4.79 Å². The fourth-order valence-corrected chi connectivity index (χ4v) is 2.86. The van der Waals surface area contributed by atoms with Crippen LogP contribution in [0.5, 0.6) is 0 Å². The second kappa shape index (κ2) is 8.47. The van der Waals surface area contributed by atoms with Crippen molar-refractivity contribution in [1.29, 1.82) is 0 Å². The van der Waals surface area contributed by atoms with Gasteiger partial charge in [-0.15, -0.1) is 0 Å². The number of ketones is 1. The highest BCUT2D eigenvalue weighted by molar-refractivity contribution is 6.22. The Balaban J connectivity index is 2.68. The zero-order valence-electron chi connectivity index (χ0n) is 16.4. The molecule has 0 radical (unpaired) electrons. The molecule has 0 aliphatic rings. The summed E-state index contributed by atoms with van der Waals surface area (Å²) in [7, 11) is 0. The first-order chi connectivity index (χ1) is 12.7. The summed E-state index contributed by atoms with van der Waals surface area (Å²) in [4.78, 5) is 13.0. The number of rotatable bonds is 6. The van der Waals surface area contributed by atoms with E-state index in [1.165, 1.54) is 6.07 Å². The van der Waals surface area contributed by atoms with Crippen molar-refractivity contribution in [3.05, 3.63) is 64.9 Å². The van der Waals surface area contributed by atoms with E-state index in [9.17, 15) is 18.7 Å². The van der Waals surface area contributed by atoms with E-state index in [2.05, 4.69) is 0 Å². The molecule has 0 amide bonds. The van der Waals surface area contributed by atoms with Gasteiger partial charge in [0.2, 0.25) is 0 Å². The molecule has 0 saturated carbocycles. The summed E-state index contributed by atoms with van der Waals surface area (Å²) >= 11 is 0. The molecular formula is C23H26F2O2. The van der Waals surface area contributed by atoms with Crippen LogP contribution in [0.1, 0.15) is 45.2 Å². The predicted molar refractivity (Wildman–Crippen MR) is 105 cm³/mol. The Morgan fingerprint density at radius 2 is 1.59 bits per heavy atom. The van der Waals surface area contributed by atoms with Gasteiger partial charge in [0.1, 0.15) is 5.76 Å². The largest absolute Gasteiger partial charge is 0.511 e. The van der Waals surface area contributed by atoms with Crippen LogP contribution in [0.2, 0.25) is 0 Å². The Labute approximate surface area is 159 Å². The number of aryl methyl sites for hydroxylation is 1. The van der Waals surface area contributed by atoms with E-state index >= 15 is 0 Å². The van der Waals surface area contributed by atoms with E-state index < -0.39 is 11.6 Å². The molecule has 144 valence electrons. The SMILES string of the molecule is CC[C@H](C)C(=O)/C(=C(/O)C(C)C)c1cc(-c2ccc(F)c(F)c2)ccc1C. The molecule has 0 unspecified atom stereocenters. The van der Waals surface area contributed by atoms with Gasteiger partial charge in [0.05, 0.1) is 5.57 Å². The van der Waals surface area contributed by atoms with Crippen molar-refractivity contribution in [2.45, 2.75) is 41.0 Å². The quantitative estimate of drug-likeness (QED) is 0.465. The minimum Gasteiger partial charge on any atom is -0.511 e. The number of aliphatic hydroxyl groups is 1. The number of carbonyl (C=O) groups excluding carboxylic acids is 1. The van der Waals surface area contributed by atoms with Crippen LogP contribution in [0.4, 0.5) is 8.78 Å². The number of Topliss-reactive ketones (excluding diaryl/α,β-unsaturated/α-hetero) is 1. The summed E-state index contributed by atoms with van der Waals surface area (Å²) in [5.41, 5.74) is 2.92. The molecule has 1 N–H and O–H groups in total. The maximum absolute atomic E-state index is 13.6. The summed E-state index contributed by atoms with van der Waals surface area (Å²) in [6.45, 7) is 9.28. The molecule has 27 heavy (non-hydrogen) atoms. The molecule has 0 aliphatic carbocycles. The summed E-state index contributed by atoms with van der Waals surface area (Å²) in [5.74, 6) is -2.34. The lowest BCUT2D eigenvalue weighted by Gasteiger charge is -2.19. The van der Waals surface area contributed by atoms with E-state index in [-0.39, 0.29) is 23.4 Å². The number of hydrogen-bond acceptors (Lipinski definition) is 2. The molecule has 2 aromatic rings. The van der Waals surface area contributed by atoms with Gasteiger partial charge in [-0.05, 0) is 53.8 Å². The van der Waals surface area contributed by atoms with Crippen molar-refractivity contribution in [3.8, 4) is 11.1 Å². The van der Waals surface area contributed by atoms with Crippen molar-refractivity contribution < 1.29 is 18.7 Å². The van der Waals surface area contributed by atoms with E-state index in [1.54, 1.807) is 12.1 Å². The lowest BCUT2D eigenvalue weighted by atomic mass is 9.86. The molecule has 2 aromatic carbocycles. The first-order valence-electron chi connectivity index (χ1n) is 9.21. The average molecular weight is 372 g/mol. The Bertz CT molecular complexity index is 882. The Kier molecular flexibility index (Phi) is 6.53. The highest BCUT2D eigenvalue weighted by Gasteiger charge is 2.25. The Morgan fingerprint density at radius 1 is 1.00 bits per heavy atom. The second-order valence-corrected chi connectivity index (χ2v) is 7.25. The molecule has 0 fully saturated rings. The number of allylic oxidation sites excluding steroid dienone is 2. The van der Waals surface area contributed by atoms with E-state index in [4.69, 9.17) is 0 Å². The maximum Gasteiger partial charge on any atom is 0.169 e. The molecule has 2 nitrogen and oxygen atoms in total. The predicted octanol–water partition coefficient (Wildman–Crippen LogP) is 6.48. The minimum absolute atomic E-state index is 0.0471. The maximum atomic E-state index is 13.6. The standard InChI is InChI=1S/C23H26F2O2/c1-6-14(4)23(27)21(22(26)13(2)3)18-11-16(8-7-15(18)5)17-9-10-19(24)20(25)12-17/h7-14,26H,6H2,1-5H3/b22-21+/t14-/m0/s1. The number of halogens is 2. The number of carbonyl (C=O) groups is 1. The summed E-state index contributed by atoms with van der Waals surface area (Å²) in [6.07, 6.45) is 0.662. The van der Waals surface area contributed by atoms with Crippen molar-refractivity contribution in [2.24, 2.45) is 11.8 Å². The van der Waals surface area contributed by atoms with Gasteiger partial charge in [-0.1, -0.05) is 45.9 Å². The summed E-state index contributed by atoms with van der Waals surface area (Å²) in [6, 6.07) is 9.08. The van der Waals surface area contributed by atoms with Crippen molar-refractivity contribution in [3.63, 3.8) is 0 Å². The zero-order valence-corrected chi connectivity index (χ0v) is 16.4. The van der Waals surface area contributed by atoms with Gasteiger partial charge < -0.3 is 5.11 Å². The molecule has 0 saturated heterocycles. The van der Waals surface area contributed by atoms with E-state index in [0.717, 1.165) is 17.7 Å². The summed E-state index contributed by atoms with van der Waals surface area (Å²) < 4.78 is 26.9.